The number of piperidine rings is 1. The minimum atomic E-state index is -0.257. The van der Waals surface area contributed by atoms with Crippen LogP contribution in [0.1, 0.15) is 61.0 Å². The second-order valence-corrected chi connectivity index (χ2v) is 9.31. The Morgan fingerprint density at radius 3 is 2.62 bits per heavy atom. The number of carbonyl (C=O) groups is 1. The Morgan fingerprint density at radius 1 is 1.25 bits per heavy atom. The molecule has 32 heavy (non-hydrogen) atoms. The monoisotopic (exact) mass is 436 g/mol. The summed E-state index contributed by atoms with van der Waals surface area (Å²) in [6.07, 6.45) is 2.07. The summed E-state index contributed by atoms with van der Waals surface area (Å²) in [6.45, 7) is 10.3. The van der Waals surface area contributed by atoms with Crippen LogP contribution in [0.15, 0.2) is 24.3 Å². The highest BCUT2D eigenvalue weighted by atomic mass is 19.1. The molecule has 0 aliphatic carbocycles. The Balaban J connectivity index is 1.68. The molecule has 2 aromatic heterocycles. The summed E-state index contributed by atoms with van der Waals surface area (Å²) in [5.74, 6) is 0.533. The Hall–Kier alpha value is -2.73. The second-order valence-electron chi connectivity index (χ2n) is 9.31. The molecule has 170 valence electrons. The van der Waals surface area contributed by atoms with E-state index in [1.807, 2.05) is 13.0 Å². The average molecular weight is 437 g/mol. The first kappa shape index (κ1) is 22.5. The largest absolute Gasteiger partial charge is 0.358 e. The molecule has 1 fully saturated rings. The van der Waals surface area contributed by atoms with Crippen molar-refractivity contribution in [1.29, 1.82) is 0 Å². The number of H-pyrrole nitrogens is 1. The number of nitrogens with one attached hydrogen (secondary N) is 2. The fourth-order valence-electron chi connectivity index (χ4n) is 5.00. The third-order valence-corrected chi connectivity index (χ3v) is 6.67. The fraction of sp³-hybridized carbons (Fsp3) is 0.462. The van der Waals surface area contributed by atoms with Gasteiger partial charge in [0.25, 0.3) is 0 Å². The zero-order chi connectivity index (χ0) is 23.0. The van der Waals surface area contributed by atoms with E-state index in [0.29, 0.717) is 23.7 Å². The van der Waals surface area contributed by atoms with Crippen LogP contribution in [0.5, 0.6) is 0 Å². The number of hydrogen-bond acceptors (Lipinski definition) is 3. The van der Waals surface area contributed by atoms with E-state index in [0.717, 1.165) is 48.4 Å². The molecule has 0 bridgehead atoms. The van der Waals surface area contributed by atoms with Crippen LogP contribution in [0.3, 0.4) is 0 Å². The van der Waals surface area contributed by atoms with Crippen molar-refractivity contribution in [1.82, 2.24) is 20.2 Å². The zero-order valence-electron chi connectivity index (χ0n) is 19.7. The van der Waals surface area contributed by atoms with Crippen LogP contribution in [0.25, 0.3) is 22.2 Å². The Morgan fingerprint density at radius 2 is 1.97 bits per heavy atom. The lowest BCUT2D eigenvalue weighted by molar-refractivity contribution is -0.122. The highest BCUT2D eigenvalue weighted by Crippen LogP contribution is 2.39. The summed E-state index contributed by atoms with van der Waals surface area (Å²) < 4.78 is 15.0. The summed E-state index contributed by atoms with van der Waals surface area (Å²) in [7, 11) is 1.68. The fourth-order valence-corrected chi connectivity index (χ4v) is 5.00. The van der Waals surface area contributed by atoms with Crippen molar-refractivity contribution < 1.29 is 9.18 Å². The van der Waals surface area contributed by atoms with E-state index in [1.165, 1.54) is 10.9 Å². The third-order valence-electron chi connectivity index (χ3n) is 6.67. The van der Waals surface area contributed by atoms with Gasteiger partial charge in [-0.05, 0) is 80.9 Å². The van der Waals surface area contributed by atoms with Crippen molar-refractivity contribution in [3.8, 4) is 11.3 Å². The van der Waals surface area contributed by atoms with Gasteiger partial charge in [-0.1, -0.05) is 19.9 Å². The molecular formula is C26H33FN4O. The van der Waals surface area contributed by atoms with E-state index in [9.17, 15) is 4.79 Å². The predicted octanol–water partition coefficient (Wildman–Crippen LogP) is 5.03. The number of likely N-dealkylation sites (tertiary alicyclic amines) is 1. The van der Waals surface area contributed by atoms with Gasteiger partial charge in [-0.15, -0.1) is 0 Å². The van der Waals surface area contributed by atoms with Crippen molar-refractivity contribution in [3.63, 3.8) is 0 Å². The first-order chi connectivity index (χ1) is 15.3. The third kappa shape index (κ3) is 4.29. The molecule has 1 amide bonds. The Bertz CT molecular complexity index is 1140. The summed E-state index contributed by atoms with van der Waals surface area (Å²) in [6, 6.07) is 8.46. The molecule has 0 radical (unpaired) electrons. The van der Waals surface area contributed by atoms with Crippen LogP contribution in [0.4, 0.5) is 4.39 Å². The normalized spacial score (nSPS) is 15.6. The van der Waals surface area contributed by atoms with E-state index in [-0.39, 0.29) is 17.6 Å². The van der Waals surface area contributed by atoms with Gasteiger partial charge in [0.2, 0.25) is 5.91 Å². The minimum absolute atomic E-state index is 0.0696. The Kier molecular flexibility index (Phi) is 6.33. The highest BCUT2D eigenvalue weighted by molar-refractivity contribution is 5.92. The van der Waals surface area contributed by atoms with Gasteiger partial charge >= 0.3 is 0 Å². The molecule has 6 heteroatoms. The van der Waals surface area contributed by atoms with Crippen LogP contribution < -0.4 is 5.32 Å². The number of rotatable bonds is 5. The van der Waals surface area contributed by atoms with Gasteiger partial charge in [-0.3, -0.25) is 14.7 Å². The number of fused-ring (bicyclic) bond motifs is 1. The molecule has 2 N–H and O–H groups in total. The number of likely N-dealkylation sites (N-methyl/N-ethyl adjacent to an activating group) is 1. The van der Waals surface area contributed by atoms with Crippen LogP contribution in [0, 0.1) is 19.7 Å². The van der Waals surface area contributed by atoms with Crippen molar-refractivity contribution in [2.45, 2.75) is 52.4 Å². The number of halogens is 1. The van der Waals surface area contributed by atoms with Gasteiger partial charge in [-0.2, -0.15) is 0 Å². The van der Waals surface area contributed by atoms with E-state index >= 15 is 4.39 Å². The first-order valence-electron chi connectivity index (χ1n) is 11.5. The minimum Gasteiger partial charge on any atom is -0.358 e. The number of hydrogen-bond donors (Lipinski definition) is 2. The van der Waals surface area contributed by atoms with Gasteiger partial charge in [0.05, 0.1) is 17.9 Å². The smallest absolute Gasteiger partial charge is 0.233 e. The summed E-state index contributed by atoms with van der Waals surface area (Å²) in [5, 5.41) is 3.88. The molecule has 0 atom stereocenters. The van der Waals surface area contributed by atoms with E-state index < -0.39 is 0 Å². The van der Waals surface area contributed by atoms with Gasteiger partial charge in [0, 0.05) is 29.2 Å². The van der Waals surface area contributed by atoms with Crippen molar-refractivity contribution >= 4 is 16.8 Å². The summed E-state index contributed by atoms with van der Waals surface area (Å²) in [5.41, 5.74) is 6.22. The topological polar surface area (TPSA) is 61.0 Å². The van der Waals surface area contributed by atoms with Crippen molar-refractivity contribution in [2.75, 3.05) is 26.7 Å². The molecule has 1 aliphatic rings. The van der Waals surface area contributed by atoms with Crippen molar-refractivity contribution in [3.05, 3.63) is 52.6 Å². The molecule has 0 spiro atoms. The number of carbonyl (C=O) groups excluding carboxylic acids is 1. The number of aromatic nitrogens is 2. The van der Waals surface area contributed by atoms with Gasteiger partial charge in [0.15, 0.2) is 5.82 Å². The molecule has 5 nitrogen and oxygen atoms in total. The molecule has 0 saturated carbocycles. The number of aromatic amines is 1. The molecular weight excluding hydrogens is 403 g/mol. The van der Waals surface area contributed by atoms with E-state index in [1.54, 1.807) is 14.0 Å². The van der Waals surface area contributed by atoms with E-state index in [2.05, 4.69) is 52.2 Å². The van der Waals surface area contributed by atoms with Gasteiger partial charge in [-0.25, -0.2) is 4.39 Å². The molecule has 3 heterocycles. The number of pyridine rings is 1. The lowest BCUT2D eigenvalue weighted by Gasteiger charge is -2.31. The van der Waals surface area contributed by atoms with Crippen LogP contribution in [-0.2, 0) is 4.79 Å². The lowest BCUT2D eigenvalue weighted by atomic mass is 9.87. The van der Waals surface area contributed by atoms with E-state index in [4.69, 9.17) is 0 Å². The SMILES string of the molecule is CNC(=O)CN1CCC(c2ccc3[nH]c(-c4cc(C)nc(C)c4F)c(C(C)C)c3c2)CC1. The number of amides is 1. The number of benzene rings is 1. The van der Waals surface area contributed by atoms with Crippen LogP contribution >= 0.6 is 0 Å². The van der Waals surface area contributed by atoms with Gasteiger partial charge in [0.1, 0.15) is 0 Å². The highest BCUT2D eigenvalue weighted by Gasteiger charge is 2.24. The molecule has 1 aliphatic heterocycles. The average Bonchev–Trinajstić information content (AvgIpc) is 3.15. The molecule has 4 rings (SSSR count). The predicted molar refractivity (Wildman–Crippen MR) is 128 cm³/mol. The molecule has 0 unspecified atom stereocenters. The lowest BCUT2D eigenvalue weighted by Crippen LogP contribution is -2.40. The van der Waals surface area contributed by atoms with Crippen LogP contribution in [0.2, 0.25) is 0 Å². The second kappa shape index (κ2) is 9.02. The standard InChI is InChI=1S/C26H33FN4O/c1-15(2)24-20-13-19(18-8-10-31(11-9-18)14-23(32)28-5)6-7-22(20)30-26(24)21-12-16(3)29-17(4)25(21)27/h6-7,12-13,15,18,30H,8-11,14H2,1-5H3,(H,28,32). The maximum Gasteiger partial charge on any atom is 0.233 e. The Labute approximate surface area is 189 Å². The molecule has 3 aromatic rings. The maximum absolute atomic E-state index is 15.0. The quantitative estimate of drug-likeness (QED) is 0.589. The van der Waals surface area contributed by atoms with Crippen molar-refractivity contribution in [2.24, 2.45) is 0 Å². The summed E-state index contributed by atoms with van der Waals surface area (Å²) in [4.78, 5) is 21.7. The molecule has 1 aromatic carbocycles. The number of aryl methyl sites for hydroxylation is 2. The molecule has 1 saturated heterocycles. The summed E-state index contributed by atoms with van der Waals surface area (Å²) >= 11 is 0. The zero-order valence-corrected chi connectivity index (χ0v) is 19.7. The maximum atomic E-state index is 15.0. The van der Waals surface area contributed by atoms with Gasteiger partial charge < -0.3 is 10.3 Å². The first-order valence-corrected chi connectivity index (χ1v) is 11.5. The van der Waals surface area contributed by atoms with Crippen LogP contribution in [-0.4, -0.2) is 47.5 Å². The number of nitrogens with zero attached hydrogens (tertiary/aromatic N) is 2.